The van der Waals surface area contributed by atoms with E-state index in [1.54, 1.807) is 4.90 Å². The standard InChI is InChI=1S/C10H18N2O4/c11-8(3-4-9(14)15)10(16)12-5-1-2-7(12)6-13/h7-8,13H,1-6,11H2,(H,14,15)/t7-,8?/m0/s1. The molecule has 0 aromatic rings. The first-order valence-corrected chi connectivity index (χ1v) is 5.45. The number of hydrogen-bond donors (Lipinski definition) is 3. The second-order valence-corrected chi connectivity index (χ2v) is 4.05. The lowest BCUT2D eigenvalue weighted by Gasteiger charge is -2.25. The van der Waals surface area contributed by atoms with Gasteiger partial charge in [-0.15, -0.1) is 0 Å². The molecule has 6 nitrogen and oxygen atoms in total. The Labute approximate surface area is 94.0 Å². The minimum atomic E-state index is -0.955. The number of carbonyl (C=O) groups is 2. The average Bonchev–Trinajstić information content (AvgIpc) is 2.72. The van der Waals surface area contributed by atoms with E-state index in [2.05, 4.69) is 0 Å². The summed E-state index contributed by atoms with van der Waals surface area (Å²) in [6.07, 6.45) is 1.68. The predicted molar refractivity (Wildman–Crippen MR) is 56.7 cm³/mol. The highest BCUT2D eigenvalue weighted by atomic mass is 16.4. The maximum absolute atomic E-state index is 11.8. The smallest absolute Gasteiger partial charge is 0.303 e. The van der Waals surface area contributed by atoms with E-state index >= 15 is 0 Å². The van der Waals surface area contributed by atoms with Crippen molar-refractivity contribution in [3.63, 3.8) is 0 Å². The Morgan fingerprint density at radius 1 is 1.50 bits per heavy atom. The number of nitrogens with two attached hydrogens (primary N) is 1. The third-order valence-electron chi connectivity index (χ3n) is 2.86. The van der Waals surface area contributed by atoms with Gasteiger partial charge in [0.1, 0.15) is 0 Å². The number of rotatable bonds is 5. The summed E-state index contributed by atoms with van der Waals surface area (Å²) in [5, 5.41) is 17.5. The predicted octanol–water partition coefficient (Wildman–Crippen LogP) is -0.838. The molecule has 1 aliphatic heterocycles. The van der Waals surface area contributed by atoms with E-state index in [1.807, 2.05) is 0 Å². The minimum Gasteiger partial charge on any atom is -0.481 e. The fourth-order valence-electron chi connectivity index (χ4n) is 1.93. The molecule has 1 saturated heterocycles. The van der Waals surface area contributed by atoms with Crippen molar-refractivity contribution >= 4 is 11.9 Å². The highest BCUT2D eigenvalue weighted by Crippen LogP contribution is 2.18. The molecule has 1 aliphatic rings. The molecule has 0 bridgehead atoms. The molecular formula is C10H18N2O4. The quantitative estimate of drug-likeness (QED) is 0.571. The summed E-state index contributed by atoms with van der Waals surface area (Å²) in [4.78, 5) is 23.7. The fraction of sp³-hybridized carbons (Fsp3) is 0.800. The second kappa shape index (κ2) is 5.81. The van der Waals surface area contributed by atoms with Gasteiger partial charge in [0.25, 0.3) is 0 Å². The van der Waals surface area contributed by atoms with Crippen LogP contribution in [0.1, 0.15) is 25.7 Å². The molecule has 1 amide bonds. The summed E-state index contributed by atoms with van der Waals surface area (Å²) < 4.78 is 0. The fourth-order valence-corrected chi connectivity index (χ4v) is 1.93. The summed E-state index contributed by atoms with van der Waals surface area (Å²) in [6, 6.07) is -0.924. The van der Waals surface area contributed by atoms with Crippen LogP contribution in [0.25, 0.3) is 0 Å². The number of nitrogens with zero attached hydrogens (tertiary/aromatic N) is 1. The van der Waals surface area contributed by atoms with Gasteiger partial charge in [0.2, 0.25) is 5.91 Å². The normalized spacial score (nSPS) is 22.1. The van der Waals surface area contributed by atoms with Crippen LogP contribution in [0.15, 0.2) is 0 Å². The Bertz CT molecular complexity index is 270. The average molecular weight is 230 g/mol. The third kappa shape index (κ3) is 3.18. The summed E-state index contributed by atoms with van der Waals surface area (Å²) in [5.41, 5.74) is 5.63. The van der Waals surface area contributed by atoms with E-state index in [1.165, 1.54) is 0 Å². The van der Waals surface area contributed by atoms with Crippen molar-refractivity contribution < 1.29 is 19.8 Å². The molecule has 2 atom stereocenters. The number of aliphatic hydroxyl groups is 1. The summed E-state index contributed by atoms with van der Waals surface area (Å²) in [7, 11) is 0. The van der Waals surface area contributed by atoms with Crippen molar-refractivity contribution in [2.45, 2.75) is 37.8 Å². The van der Waals surface area contributed by atoms with Crippen molar-refractivity contribution in [1.82, 2.24) is 4.90 Å². The van der Waals surface area contributed by atoms with E-state index in [0.29, 0.717) is 6.54 Å². The molecular weight excluding hydrogens is 212 g/mol. The molecule has 1 fully saturated rings. The van der Waals surface area contributed by atoms with Gasteiger partial charge in [0.05, 0.1) is 18.7 Å². The first-order valence-electron chi connectivity index (χ1n) is 5.45. The van der Waals surface area contributed by atoms with E-state index < -0.39 is 12.0 Å². The Kier molecular flexibility index (Phi) is 4.70. The van der Waals surface area contributed by atoms with Crippen LogP contribution in [0.3, 0.4) is 0 Å². The number of carboxylic acid groups (broad SMARTS) is 1. The number of carboxylic acids is 1. The first kappa shape index (κ1) is 12.9. The van der Waals surface area contributed by atoms with E-state index in [0.717, 1.165) is 12.8 Å². The Morgan fingerprint density at radius 2 is 2.19 bits per heavy atom. The molecule has 0 spiro atoms. The van der Waals surface area contributed by atoms with Crippen molar-refractivity contribution in [1.29, 1.82) is 0 Å². The summed E-state index contributed by atoms with van der Waals surface area (Å²) in [5.74, 6) is -1.21. The van der Waals surface area contributed by atoms with Crippen LogP contribution in [0.2, 0.25) is 0 Å². The molecule has 1 rings (SSSR count). The van der Waals surface area contributed by atoms with Crippen molar-refractivity contribution in [3.8, 4) is 0 Å². The van der Waals surface area contributed by atoms with Gasteiger partial charge in [0, 0.05) is 13.0 Å². The van der Waals surface area contributed by atoms with Gasteiger partial charge in [-0.25, -0.2) is 0 Å². The van der Waals surface area contributed by atoms with Crippen molar-refractivity contribution in [3.05, 3.63) is 0 Å². The molecule has 0 radical (unpaired) electrons. The summed E-state index contributed by atoms with van der Waals surface area (Å²) >= 11 is 0. The Hall–Kier alpha value is -1.14. The lowest BCUT2D eigenvalue weighted by Crippen LogP contribution is -2.47. The van der Waals surface area contributed by atoms with Crippen molar-refractivity contribution in [2.75, 3.05) is 13.2 Å². The molecule has 16 heavy (non-hydrogen) atoms. The lowest BCUT2D eigenvalue weighted by molar-refractivity contribution is -0.138. The van der Waals surface area contributed by atoms with Crippen LogP contribution in [-0.4, -0.2) is 52.2 Å². The van der Waals surface area contributed by atoms with Crippen LogP contribution in [-0.2, 0) is 9.59 Å². The van der Waals surface area contributed by atoms with Gasteiger partial charge < -0.3 is 20.8 Å². The maximum Gasteiger partial charge on any atom is 0.303 e. The number of amides is 1. The monoisotopic (exact) mass is 230 g/mol. The lowest BCUT2D eigenvalue weighted by atomic mass is 10.1. The van der Waals surface area contributed by atoms with Crippen molar-refractivity contribution in [2.24, 2.45) is 5.73 Å². The molecule has 4 N–H and O–H groups in total. The van der Waals surface area contributed by atoms with Crippen LogP contribution < -0.4 is 5.73 Å². The van der Waals surface area contributed by atoms with Crippen LogP contribution in [0.5, 0.6) is 0 Å². The zero-order chi connectivity index (χ0) is 12.1. The number of likely N-dealkylation sites (tertiary alicyclic amines) is 1. The topological polar surface area (TPSA) is 104 Å². The van der Waals surface area contributed by atoms with Crippen LogP contribution in [0.4, 0.5) is 0 Å². The molecule has 0 saturated carbocycles. The third-order valence-corrected chi connectivity index (χ3v) is 2.86. The van der Waals surface area contributed by atoms with E-state index in [4.69, 9.17) is 15.9 Å². The van der Waals surface area contributed by atoms with Gasteiger partial charge in [-0.2, -0.15) is 0 Å². The van der Waals surface area contributed by atoms with E-state index in [-0.39, 0.29) is 31.4 Å². The maximum atomic E-state index is 11.8. The van der Waals surface area contributed by atoms with Gasteiger partial charge in [-0.3, -0.25) is 9.59 Å². The molecule has 0 aromatic heterocycles. The molecule has 92 valence electrons. The van der Waals surface area contributed by atoms with Gasteiger partial charge >= 0.3 is 5.97 Å². The Balaban J connectivity index is 2.46. The number of aliphatic hydroxyl groups excluding tert-OH is 1. The minimum absolute atomic E-state index is 0.0581. The second-order valence-electron chi connectivity index (χ2n) is 4.05. The van der Waals surface area contributed by atoms with Crippen LogP contribution >= 0.6 is 0 Å². The zero-order valence-electron chi connectivity index (χ0n) is 9.13. The Morgan fingerprint density at radius 3 is 2.75 bits per heavy atom. The van der Waals surface area contributed by atoms with E-state index in [9.17, 15) is 9.59 Å². The largest absolute Gasteiger partial charge is 0.481 e. The molecule has 6 heteroatoms. The van der Waals surface area contributed by atoms with Gasteiger partial charge in [-0.1, -0.05) is 0 Å². The number of aliphatic carboxylic acids is 1. The highest BCUT2D eigenvalue weighted by molar-refractivity contribution is 5.82. The number of hydrogen-bond acceptors (Lipinski definition) is 4. The van der Waals surface area contributed by atoms with Gasteiger partial charge in [0.15, 0.2) is 0 Å². The molecule has 0 aromatic carbocycles. The molecule has 1 unspecified atom stereocenters. The molecule has 0 aliphatic carbocycles. The number of carbonyl (C=O) groups excluding carboxylic acids is 1. The van der Waals surface area contributed by atoms with Gasteiger partial charge in [-0.05, 0) is 19.3 Å². The zero-order valence-corrected chi connectivity index (χ0v) is 9.13. The first-order chi connectivity index (χ1) is 7.56. The molecule has 1 heterocycles. The highest BCUT2D eigenvalue weighted by Gasteiger charge is 2.31. The SMILES string of the molecule is NC(CCC(=O)O)C(=O)N1CCC[C@H]1CO. The summed E-state index contributed by atoms with van der Waals surface area (Å²) in [6.45, 7) is 0.544. The van der Waals surface area contributed by atoms with Crippen LogP contribution in [0, 0.1) is 0 Å².